The number of hydrogen-bond acceptors (Lipinski definition) is 5. The largest absolute Gasteiger partial charge is 0.385 e. The van der Waals surface area contributed by atoms with Crippen LogP contribution < -0.4 is 10.6 Å². The first-order valence-electron chi connectivity index (χ1n) is 6.89. The molecule has 0 aliphatic heterocycles. The molecule has 0 spiro atoms. The molecule has 22 heavy (non-hydrogen) atoms. The van der Waals surface area contributed by atoms with Gasteiger partial charge in [-0.1, -0.05) is 0 Å². The summed E-state index contributed by atoms with van der Waals surface area (Å²) in [6, 6.07) is 5.32. The second-order valence-electron chi connectivity index (χ2n) is 4.75. The highest BCUT2D eigenvalue weighted by molar-refractivity contribution is 5.57. The summed E-state index contributed by atoms with van der Waals surface area (Å²) < 4.78 is 31.1. The van der Waals surface area contributed by atoms with Crippen LogP contribution in [0.5, 0.6) is 0 Å². The van der Waals surface area contributed by atoms with Crippen LogP contribution in [-0.2, 0) is 4.74 Å². The lowest BCUT2D eigenvalue weighted by Crippen LogP contribution is -2.09. The van der Waals surface area contributed by atoms with E-state index in [-0.39, 0.29) is 0 Å². The Morgan fingerprint density at radius 1 is 1.14 bits per heavy atom. The Morgan fingerprint density at radius 2 is 1.95 bits per heavy atom. The summed E-state index contributed by atoms with van der Waals surface area (Å²) in [5.41, 5.74) is 1.18. The van der Waals surface area contributed by atoms with Crippen LogP contribution in [0.3, 0.4) is 0 Å². The minimum Gasteiger partial charge on any atom is -0.385 e. The van der Waals surface area contributed by atoms with E-state index >= 15 is 0 Å². The van der Waals surface area contributed by atoms with Crippen LogP contribution in [0.1, 0.15) is 12.1 Å². The smallest absolute Gasteiger partial charge is 0.224 e. The molecule has 118 valence electrons. The van der Waals surface area contributed by atoms with Crippen molar-refractivity contribution in [3.05, 3.63) is 41.6 Å². The zero-order chi connectivity index (χ0) is 15.9. The molecule has 5 nitrogen and oxygen atoms in total. The fraction of sp³-hybridized carbons (Fsp3) is 0.333. The maximum absolute atomic E-state index is 13.2. The van der Waals surface area contributed by atoms with E-state index in [1.807, 2.05) is 6.92 Å². The third kappa shape index (κ3) is 4.63. The number of aromatic nitrogens is 2. The molecule has 2 N–H and O–H groups in total. The van der Waals surface area contributed by atoms with E-state index in [0.29, 0.717) is 30.6 Å². The van der Waals surface area contributed by atoms with Crippen LogP contribution in [0.15, 0.2) is 24.3 Å². The Bertz CT molecular complexity index is 637. The minimum atomic E-state index is -0.909. The van der Waals surface area contributed by atoms with Gasteiger partial charge < -0.3 is 15.4 Å². The van der Waals surface area contributed by atoms with Gasteiger partial charge in [0.1, 0.15) is 5.82 Å². The van der Waals surface area contributed by atoms with Crippen LogP contribution in [0.25, 0.3) is 0 Å². The van der Waals surface area contributed by atoms with Crippen molar-refractivity contribution in [3.8, 4) is 0 Å². The lowest BCUT2D eigenvalue weighted by atomic mass is 10.3. The number of rotatable bonds is 7. The Morgan fingerprint density at radius 3 is 2.68 bits per heavy atom. The minimum absolute atomic E-state index is 0.419. The third-order valence-electron chi connectivity index (χ3n) is 2.85. The fourth-order valence-electron chi connectivity index (χ4n) is 1.85. The first kappa shape index (κ1) is 16.1. The molecule has 2 aromatic rings. The molecule has 2 rings (SSSR count). The van der Waals surface area contributed by atoms with Crippen LogP contribution in [0.2, 0.25) is 0 Å². The number of methoxy groups -OCH3 is 1. The van der Waals surface area contributed by atoms with Crippen molar-refractivity contribution in [3.63, 3.8) is 0 Å². The van der Waals surface area contributed by atoms with Crippen molar-refractivity contribution in [2.45, 2.75) is 13.3 Å². The van der Waals surface area contributed by atoms with Crippen molar-refractivity contribution in [2.24, 2.45) is 0 Å². The van der Waals surface area contributed by atoms with Crippen molar-refractivity contribution < 1.29 is 13.5 Å². The highest BCUT2D eigenvalue weighted by atomic mass is 19.2. The average molecular weight is 308 g/mol. The van der Waals surface area contributed by atoms with Crippen LogP contribution in [-0.4, -0.2) is 30.2 Å². The highest BCUT2D eigenvalue weighted by Crippen LogP contribution is 2.19. The number of aryl methyl sites for hydroxylation is 1. The Balaban J connectivity index is 2.06. The SMILES string of the molecule is COCCCNc1nc(C)cc(Nc2ccc(F)c(F)c2)n1. The maximum atomic E-state index is 13.2. The van der Waals surface area contributed by atoms with Crippen molar-refractivity contribution in [2.75, 3.05) is 30.9 Å². The van der Waals surface area contributed by atoms with Gasteiger partial charge in [-0.2, -0.15) is 4.98 Å². The molecule has 7 heteroatoms. The molecule has 0 saturated heterocycles. The molecule has 1 heterocycles. The molecule has 1 aromatic carbocycles. The van der Waals surface area contributed by atoms with Crippen LogP contribution in [0, 0.1) is 18.6 Å². The first-order valence-corrected chi connectivity index (χ1v) is 6.89. The molecule has 0 aliphatic carbocycles. The topological polar surface area (TPSA) is 59.1 Å². The zero-order valence-corrected chi connectivity index (χ0v) is 12.5. The number of hydrogen-bond donors (Lipinski definition) is 2. The van der Waals surface area contributed by atoms with Gasteiger partial charge in [0.2, 0.25) is 5.95 Å². The van der Waals surface area contributed by atoms with E-state index in [9.17, 15) is 8.78 Å². The second-order valence-corrected chi connectivity index (χ2v) is 4.75. The van der Waals surface area contributed by atoms with E-state index < -0.39 is 11.6 Å². The number of halogens is 2. The normalized spacial score (nSPS) is 10.5. The molecule has 0 aliphatic rings. The molecule has 0 saturated carbocycles. The van der Waals surface area contributed by atoms with Gasteiger partial charge in [0.15, 0.2) is 11.6 Å². The van der Waals surface area contributed by atoms with Crippen molar-refractivity contribution >= 4 is 17.5 Å². The summed E-state index contributed by atoms with van der Waals surface area (Å²) in [6.45, 7) is 3.17. The summed E-state index contributed by atoms with van der Waals surface area (Å²) in [5, 5.41) is 6.02. The second kappa shape index (κ2) is 7.65. The molecule has 0 atom stereocenters. The van der Waals surface area contributed by atoms with E-state index in [1.165, 1.54) is 6.07 Å². The first-order chi connectivity index (χ1) is 10.6. The molecule has 0 amide bonds. The standard InChI is InChI=1S/C15H18F2N4O/c1-10-8-14(20-11-4-5-12(16)13(17)9-11)21-15(19-10)18-6-3-7-22-2/h4-5,8-9H,3,6-7H2,1-2H3,(H2,18,19,20,21). The van der Waals surface area contributed by atoms with E-state index in [2.05, 4.69) is 20.6 Å². The Labute approximate surface area is 127 Å². The molecule has 0 radical (unpaired) electrons. The quantitative estimate of drug-likeness (QED) is 0.769. The Hall–Kier alpha value is -2.28. The molecule has 0 unspecified atom stereocenters. The highest BCUT2D eigenvalue weighted by Gasteiger charge is 2.05. The third-order valence-corrected chi connectivity index (χ3v) is 2.85. The van der Waals surface area contributed by atoms with Crippen molar-refractivity contribution in [1.82, 2.24) is 9.97 Å². The summed E-state index contributed by atoms with van der Waals surface area (Å²) >= 11 is 0. The monoisotopic (exact) mass is 308 g/mol. The van der Waals surface area contributed by atoms with Crippen LogP contribution >= 0.6 is 0 Å². The number of nitrogens with zero attached hydrogens (tertiary/aromatic N) is 2. The summed E-state index contributed by atoms with van der Waals surface area (Å²) in [6.07, 6.45) is 0.833. The lowest BCUT2D eigenvalue weighted by molar-refractivity contribution is 0.197. The summed E-state index contributed by atoms with van der Waals surface area (Å²) in [4.78, 5) is 8.56. The summed E-state index contributed by atoms with van der Waals surface area (Å²) in [7, 11) is 1.65. The lowest BCUT2D eigenvalue weighted by Gasteiger charge is -2.10. The molecule has 0 fully saturated rings. The molecular formula is C15H18F2N4O. The maximum Gasteiger partial charge on any atom is 0.224 e. The van der Waals surface area contributed by atoms with Gasteiger partial charge in [0.05, 0.1) is 0 Å². The number of ether oxygens (including phenoxy) is 1. The number of nitrogens with one attached hydrogen (secondary N) is 2. The van der Waals surface area contributed by atoms with Gasteiger partial charge >= 0.3 is 0 Å². The van der Waals surface area contributed by atoms with Gasteiger partial charge in [-0.3, -0.25) is 0 Å². The average Bonchev–Trinajstić information content (AvgIpc) is 2.47. The zero-order valence-electron chi connectivity index (χ0n) is 12.5. The van der Waals surface area contributed by atoms with Gasteiger partial charge in [-0.25, -0.2) is 13.8 Å². The summed E-state index contributed by atoms with van der Waals surface area (Å²) in [5.74, 6) is -0.812. The molecule has 1 aromatic heterocycles. The molecule has 0 bridgehead atoms. The van der Waals surface area contributed by atoms with Gasteiger partial charge in [0.25, 0.3) is 0 Å². The fourth-order valence-corrected chi connectivity index (χ4v) is 1.85. The van der Waals surface area contributed by atoms with Gasteiger partial charge in [0, 0.05) is 43.8 Å². The van der Waals surface area contributed by atoms with Crippen LogP contribution in [0.4, 0.5) is 26.2 Å². The van der Waals surface area contributed by atoms with E-state index in [1.54, 1.807) is 13.2 Å². The van der Waals surface area contributed by atoms with E-state index in [4.69, 9.17) is 4.74 Å². The molecular weight excluding hydrogens is 290 g/mol. The number of benzene rings is 1. The Kier molecular flexibility index (Phi) is 5.60. The van der Waals surface area contributed by atoms with Gasteiger partial charge in [-0.15, -0.1) is 0 Å². The predicted octanol–water partition coefficient (Wildman–Crippen LogP) is 3.26. The van der Waals surface area contributed by atoms with E-state index in [0.717, 1.165) is 24.2 Å². The number of anilines is 3. The predicted molar refractivity (Wildman–Crippen MR) is 81.4 cm³/mol. The van der Waals surface area contributed by atoms with Crippen molar-refractivity contribution in [1.29, 1.82) is 0 Å². The van der Waals surface area contributed by atoms with Gasteiger partial charge in [-0.05, 0) is 25.5 Å².